The van der Waals surface area contributed by atoms with Crippen molar-refractivity contribution in [3.05, 3.63) is 71.8 Å². The van der Waals surface area contributed by atoms with Gasteiger partial charge in [-0.15, -0.1) is 0 Å². The Morgan fingerprint density at radius 1 is 1.06 bits per heavy atom. The number of aromatic nitrogens is 2. The van der Waals surface area contributed by atoms with Crippen molar-refractivity contribution < 1.29 is 8.91 Å². The molecule has 1 aliphatic heterocycles. The highest BCUT2D eigenvalue weighted by atomic mass is 19.1. The monoisotopic (exact) mass is 461 g/mol. The van der Waals surface area contributed by atoms with Crippen molar-refractivity contribution in [2.75, 3.05) is 32.7 Å². The summed E-state index contributed by atoms with van der Waals surface area (Å²) in [4.78, 5) is 9.22. The van der Waals surface area contributed by atoms with Gasteiger partial charge < -0.3 is 9.42 Å². The van der Waals surface area contributed by atoms with Gasteiger partial charge in [0.15, 0.2) is 5.82 Å². The molecule has 0 amide bonds. The molecule has 0 aliphatic carbocycles. The van der Waals surface area contributed by atoms with Crippen LogP contribution < -0.4 is 0 Å². The van der Waals surface area contributed by atoms with Crippen LogP contribution >= 0.6 is 0 Å². The Bertz CT molecular complexity index is 1100. The normalized spacial score (nSPS) is 16.9. The average molecular weight is 462 g/mol. The number of hydrogen-bond donors (Lipinski definition) is 0. The zero-order chi connectivity index (χ0) is 24.0. The molecule has 178 valence electrons. The van der Waals surface area contributed by atoms with Gasteiger partial charge in [0.05, 0.1) is 18.0 Å². The standard InChI is InChI=1S/C27H32FN5O/c1-21(2)27(20-29,23-9-4-3-5-10-23)12-7-13-32-14-16-33(17-15-32)19-25-30-26(34-31-25)22-8-6-11-24(28)18-22/h3-6,8-11,18,21H,7,12-17,19H2,1-2H3. The summed E-state index contributed by atoms with van der Waals surface area (Å²) < 4.78 is 18.8. The molecule has 1 saturated heterocycles. The predicted molar refractivity (Wildman–Crippen MR) is 129 cm³/mol. The van der Waals surface area contributed by atoms with Crippen LogP contribution in [0.15, 0.2) is 59.1 Å². The number of piperazine rings is 1. The fraction of sp³-hybridized carbons (Fsp3) is 0.444. The number of nitrogens with zero attached hydrogens (tertiary/aromatic N) is 5. The average Bonchev–Trinajstić information content (AvgIpc) is 3.32. The van der Waals surface area contributed by atoms with E-state index in [9.17, 15) is 9.65 Å². The molecule has 0 saturated carbocycles. The van der Waals surface area contributed by atoms with E-state index in [4.69, 9.17) is 4.52 Å². The minimum Gasteiger partial charge on any atom is -0.334 e. The molecule has 0 spiro atoms. The summed E-state index contributed by atoms with van der Waals surface area (Å²) in [7, 11) is 0. The summed E-state index contributed by atoms with van der Waals surface area (Å²) in [6.45, 7) is 9.70. The molecule has 0 bridgehead atoms. The molecule has 1 aliphatic rings. The fourth-order valence-corrected chi connectivity index (χ4v) is 4.76. The molecule has 0 N–H and O–H groups in total. The van der Waals surface area contributed by atoms with Crippen molar-refractivity contribution in [1.29, 1.82) is 5.26 Å². The lowest BCUT2D eigenvalue weighted by Gasteiger charge is -2.35. The second-order valence-electron chi connectivity index (χ2n) is 9.35. The molecule has 2 aromatic carbocycles. The third-order valence-corrected chi connectivity index (χ3v) is 6.89. The quantitative estimate of drug-likeness (QED) is 0.452. The number of benzene rings is 2. The van der Waals surface area contributed by atoms with Gasteiger partial charge in [-0.25, -0.2) is 4.39 Å². The molecular weight excluding hydrogens is 429 g/mol. The fourth-order valence-electron chi connectivity index (χ4n) is 4.76. The molecule has 1 fully saturated rings. The van der Waals surface area contributed by atoms with Crippen LogP contribution in [0.4, 0.5) is 4.39 Å². The smallest absolute Gasteiger partial charge is 0.258 e. The van der Waals surface area contributed by atoms with Crippen molar-refractivity contribution in [2.24, 2.45) is 5.92 Å². The molecule has 2 heterocycles. The van der Waals surface area contributed by atoms with E-state index >= 15 is 0 Å². The lowest BCUT2D eigenvalue weighted by molar-refractivity contribution is 0.120. The summed E-state index contributed by atoms with van der Waals surface area (Å²) in [6.07, 6.45) is 1.85. The number of halogens is 1. The minimum atomic E-state index is -0.443. The van der Waals surface area contributed by atoms with Crippen LogP contribution in [0.5, 0.6) is 0 Å². The first-order valence-corrected chi connectivity index (χ1v) is 12.0. The van der Waals surface area contributed by atoms with Gasteiger partial charge in [0.2, 0.25) is 0 Å². The maximum absolute atomic E-state index is 13.5. The maximum atomic E-state index is 13.5. The first-order chi connectivity index (χ1) is 16.5. The first kappa shape index (κ1) is 24.1. The Labute approximate surface area is 201 Å². The molecule has 1 atom stereocenters. The Hall–Kier alpha value is -3.08. The first-order valence-electron chi connectivity index (χ1n) is 12.0. The summed E-state index contributed by atoms with van der Waals surface area (Å²) in [5, 5.41) is 14.2. The van der Waals surface area contributed by atoms with Gasteiger partial charge in [-0.1, -0.05) is 55.4 Å². The lowest BCUT2D eigenvalue weighted by Crippen LogP contribution is -2.46. The highest BCUT2D eigenvalue weighted by molar-refractivity contribution is 5.52. The van der Waals surface area contributed by atoms with Gasteiger partial charge in [0.25, 0.3) is 5.89 Å². The largest absolute Gasteiger partial charge is 0.334 e. The van der Waals surface area contributed by atoms with Crippen LogP contribution in [-0.4, -0.2) is 52.7 Å². The van der Waals surface area contributed by atoms with E-state index in [0.29, 0.717) is 23.8 Å². The molecule has 6 nitrogen and oxygen atoms in total. The number of rotatable bonds is 9. The summed E-state index contributed by atoms with van der Waals surface area (Å²) in [5.41, 5.74) is 1.27. The van der Waals surface area contributed by atoms with E-state index in [2.05, 4.69) is 52.0 Å². The summed E-state index contributed by atoms with van der Waals surface area (Å²) in [6, 6.07) is 19.0. The Morgan fingerprint density at radius 2 is 1.79 bits per heavy atom. The Balaban J connectivity index is 1.26. The van der Waals surface area contributed by atoms with Gasteiger partial charge >= 0.3 is 0 Å². The van der Waals surface area contributed by atoms with Crippen LogP contribution in [0.25, 0.3) is 11.5 Å². The zero-order valence-electron chi connectivity index (χ0n) is 20.0. The molecule has 7 heteroatoms. The molecule has 34 heavy (non-hydrogen) atoms. The second kappa shape index (κ2) is 10.9. The highest BCUT2D eigenvalue weighted by Crippen LogP contribution is 2.36. The van der Waals surface area contributed by atoms with E-state index in [1.54, 1.807) is 12.1 Å². The third-order valence-electron chi connectivity index (χ3n) is 6.89. The predicted octanol–water partition coefficient (Wildman–Crippen LogP) is 4.89. The zero-order valence-corrected chi connectivity index (χ0v) is 20.0. The van der Waals surface area contributed by atoms with Crippen molar-refractivity contribution in [1.82, 2.24) is 19.9 Å². The minimum absolute atomic E-state index is 0.254. The Morgan fingerprint density at radius 3 is 2.47 bits per heavy atom. The van der Waals surface area contributed by atoms with Gasteiger partial charge in [0.1, 0.15) is 5.82 Å². The molecular formula is C27H32FN5O. The van der Waals surface area contributed by atoms with Gasteiger partial charge in [-0.3, -0.25) is 4.90 Å². The van der Waals surface area contributed by atoms with Crippen molar-refractivity contribution in [2.45, 2.75) is 38.6 Å². The lowest BCUT2D eigenvalue weighted by atomic mass is 9.70. The Kier molecular flexibility index (Phi) is 7.71. The van der Waals surface area contributed by atoms with Crippen LogP contribution in [0.2, 0.25) is 0 Å². The molecule has 1 unspecified atom stereocenters. The molecule has 1 aromatic heterocycles. The van der Waals surface area contributed by atoms with Gasteiger partial charge in [-0.05, 0) is 49.1 Å². The van der Waals surface area contributed by atoms with Gasteiger partial charge in [0, 0.05) is 31.7 Å². The van der Waals surface area contributed by atoms with Gasteiger partial charge in [-0.2, -0.15) is 10.2 Å². The van der Waals surface area contributed by atoms with E-state index in [1.165, 1.54) is 12.1 Å². The van der Waals surface area contributed by atoms with E-state index in [0.717, 1.165) is 51.1 Å². The number of nitriles is 1. The van der Waals surface area contributed by atoms with Crippen LogP contribution in [0, 0.1) is 23.1 Å². The van der Waals surface area contributed by atoms with Crippen LogP contribution in [0.3, 0.4) is 0 Å². The second-order valence-corrected chi connectivity index (χ2v) is 9.35. The highest BCUT2D eigenvalue weighted by Gasteiger charge is 2.35. The third kappa shape index (κ3) is 5.52. The topological polar surface area (TPSA) is 69.2 Å². The van der Waals surface area contributed by atoms with E-state index < -0.39 is 5.41 Å². The van der Waals surface area contributed by atoms with Crippen molar-refractivity contribution in [3.63, 3.8) is 0 Å². The molecule has 0 radical (unpaired) electrons. The maximum Gasteiger partial charge on any atom is 0.258 e. The van der Waals surface area contributed by atoms with Crippen LogP contribution in [0.1, 0.15) is 38.1 Å². The van der Waals surface area contributed by atoms with Crippen molar-refractivity contribution >= 4 is 0 Å². The molecule has 3 aromatic rings. The van der Waals surface area contributed by atoms with E-state index in [-0.39, 0.29) is 11.7 Å². The molecule has 4 rings (SSSR count). The SMILES string of the molecule is CC(C)C(C#N)(CCCN1CCN(Cc2noc(-c3cccc(F)c3)n2)CC1)c1ccccc1. The van der Waals surface area contributed by atoms with E-state index in [1.807, 2.05) is 18.2 Å². The number of hydrogen-bond acceptors (Lipinski definition) is 6. The summed E-state index contributed by atoms with van der Waals surface area (Å²) in [5.74, 6) is 0.894. The van der Waals surface area contributed by atoms with Crippen molar-refractivity contribution in [3.8, 4) is 17.5 Å². The summed E-state index contributed by atoms with van der Waals surface area (Å²) >= 11 is 0. The van der Waals surface area contributed by atoms with Crippen LogP contribution in [-0.2, 0) is 12.0 Å².